The van der Waals surface area contributed by atoms with Crippen LogP contribution in [0, 0.1) is 0 Å². The molecule has 8 heteroatoms. The molecule has 0 aromatic carbocycles. The van der Waals surface area contributed by atoms with Gasteiger partial charge in [-0.1, -0.05) is 0 Å². The summed E-state index contributed by atoms with van der Waals surface area (Å²) < 4.78 is 0. The van der Waals surface area contributed by atoms with Crippen LogP contribution in [0.5, 0.6) is 0 Å². The molecule has 96 valence electrons. The molecule has 1 aliphatic heterocycles. The molecule has 0 amide bonds. The highest BCUT2D eigenvalue weighted by atomic mass is 16.2. The molecular weight excluding hydrogens is 236 g/mol. The molecule has 5 N–H and O–H groups in total. The second-order valence-electron chi connectivity index (χ2n) is 4.54. The van der Waals surface area contributed by atoms with Gasteiger partial charge in [-0.2, -0.15) is 4.98 Å². The van der Waals surface area contributed by atoms with E-state index in [1.807, 2.05) is 4.90 Å². The van der Waals surface area contributed by atoms with Crippen LogP contribution >= 0.6 is 0 Å². The van der Waals surface area contributed by atoms with Crippen molar-refractivity contribution in [3.63, 3.8) is 0 Å². The number of hydrogen-bond acceptors (Lipinski definition) is 5. The Labute approximate surface area is 101 Å². The summed E-state index contributed by atoms with van der Waals surface area (Å²) in [7, 11) is 0. The number of imidazole rings is 1. The molecule has 3 heterocycles. The average Bonchev–Trinajstić information content (AvgIpc) is 2.73. The van der Waals surface area contributed by atoms with Crippen LogP contribution in [-0.2, 0) is 0 Å². The number of aromatic nitrogens is 4. The topological polar surface area (TPSA) is 124 Å². The molecule has 1 saturated heterocycles. The summed E-state index contributed by atoms with van der Waals surface area (Å²) in [5.41, 5.74) is 5.44. The van der Waals surface area contributed by atoms with Crippen molar-refractivity contribution in [1.82, 2.24) is 19.9 Å². The lowest BCUT2D eigenvalue weighted by molar-refractivity contribution is 0.501. The Balaban J connectivity index is 2.05. The van der Waals surface area contributed by atoms with E-state index >= 15 is 0 Å². The van der Waals surface area contributed by atoms with E-state index in [-0.39, 0.29) is 17.2 Å². The first-order valence-corrected chi connectivity index (χ1v) is 5.86. The molecule has 0 radical (unpaired) electrons. The molecule has 2 aromatic heterocycles. The first-order valence-electron chi connectivity index (χ1n) is 5.86. The number of hydrogen-bond donors (Lipinski definition) is 4. The lowest BCUT2D eigenvalue weighted by atomic mass is 10.1. The molecule has 8 nitrogen and oxygen atoms in total. The van der Waals surface area contributed by atoms with Crippen molar-refractivity contribution in [1.29, 1.82) is 0 Å². The Morgan fingerprint density at radius 1 is 1.28 bits per heavy atom. The van der Waals surface area contributed by atoms with Crippen molar-refractivity contribution in [2.75, 3.05) is 18.0 Å². The van der Waals surface area contributed by atoms with Crippen molar-refractivity contribution in [3.05, 3.63) is 20.8 Å². The van der Waals surface area contributed by atoms with Gasteiger partial charge in [0.2, 0.25) is 5.95 Å². The maximum Gasteiger partial charge on any atom is 0.327 e. The maximum atomic E-state index is 11.6. The van der Waals surface area contributed by atoms with Crippen LogP contribution in [0.15, 0.2) is 9.59 Å². The Bertz CT molecular complexity index is 683. The van der Waals surface area contributed by atoms with E-state index < -0.39 is 11.2 Å². The molecule has 0 aliphatic carbocycles. The van der Waals surface area contributed by atoms with Gasteiger partial charge in [0.05, 0.1) is 0 Å². The summed E-state index contributed by atoms with van der Waals surface area (Å²) in [5, 5.41) is 0. The van der Waals surface area contributed by atoms with Crippen molar-refractivity contribution >= 4 is 17.1 Å². The third kappa shape index (κ3) is 1.80. The fourth-order valence-electron chi connectivity index (χ4n) is 2.27. The van der Waals surface area contributed by atoms with Gasteiger partial charge in [-0.3, -0.25) is 14.8 Å². The van der Waals surface area contributed by atoms with E-state index in [1.165, 1.54) is 0 Å². The summed E-state index contributed by atoms with van der Waals surface area (Å²) in [5.74, 6) is 0.576. The molecule has 1 atom stereocenters. The highest BCUT2D eigenvalue weighted by molar-refractivity contribution is 5.72. The second-order valence-corrected chi connectivity index (χ2v) is 4.54. The number of nitrogens with two attached hydrogens (primary N) is 1. The predicted octanol–water partition coefficient (Wildman–Crippen LogP) is -1.13. The molecule has 0 saturated carbocycles. The number of fused-ring (bicyclic) bond motifs is 1. The van der Waals surface area contributed by atoms with E-state index in [0.29, 0.717) is 12.5 Å². The highest BCUT2D eigenvalue weighted by Gasteiger charge is 2.20. The SMILES string of the molecule is NC1CCCN(c2nc3[nH]c(=O)[nH]c(=O)c3[nH]2)C1. The lowest BCUT2D eigenvalue weighted by Crippen LogP contribution is -2.43. The van der Waals surface area contributed by atoms with Crippen molar-refractivity contribution in [3.8, 4) is 0 Å². The second kappa shape index (κ2) is 3.98. The molecular formula is C10H14N6O2. The van der Waals surface area contributed by atoms with Gasteiger partial charge >= 0.3 is 5.69 Å². The Morgan fingerprint density at radius 3 is 2.89 bits per heavy atom. The number of anilines is 1. The zero-order valence-corrected chi connectivity index (χ0v) is 9.69. The van der Waals surface area contributed by atoms with Crippen LogP contribution in [-0.4, -0.2) is 39.1 Å². The summed E-state index contributed by atoms with van der Waals surface area (Å²) >= 11 is 0. The minimum Gasteiger partial charge on any atom is -0.341 e. The lowest BCUT2D eigenvalue weighted by Gasteiger charge is -2.30. The summed E-state index contributed by atoms with van der Waals surface area (Å²) in [6.07, 6.45) is 1.99. The molecule has 3 rings (SSSR count). The number of nitrogens with one attached hydrogen (secondary N) is 3. The summed E-state index contributed by atoms with van der Waals surface area (Å²) in [4.78, 5) is 36.5. The molecule has 18 heavy (non-hydrogen) atoms. The van der Waals surface area contributed by atoms with Gasteiger partial charge in [0.25, 0.3) is 5.56 Å². The number of rotatable bonds is 1. The highest BCUT2D eigenvalue weighted by Crippen LogP contribution is 2.17. The number of piperidine rings is 1. The Kier molecular flexibility index (Phi) is 2.44. The zero-order valence-electron chi connectivity index (χ0n) is 9.69. The quantitative estimate of drug-likeness (QED) is 0.509. The fraction of sp³-hybridized carbons (Fsp3) is 0.500. The number of nitrogens with zero attached hydrogens (tertiary/aromatic N) is 2. The van der Waals surface area contributed by atoms with Crippen LogP contribution in [0.3, 0.4) is 0 Å². The monoisotopic (exact) mass is 250 g/mol. The molecule has 0 bridgehead atoms. The van der Waals surface area contributed by atoms with Gasteiger partial charge in [0, 0.05) is 19.1 Å². The zero-order chi connectivity index (χ0) is 12.7. The number of H-pyrrole nitrogens is 3. The Morgan fingerprint density at radius 2 is 2.11 bits per heavy atom. The van der Waals surface area contributed by atoms with E-state index in [0.717, 1.165) is 19.4 Å². The molecule has 1 aliphatic rings. The average molecular weight is 250 g/mol. The smallest absolute Gasteiger partial charge is 0.327 e. The van der Waals surface area contributed by atoms with Crippen molar-refractivity contribution < 1.29 is 0 Å². The molecule has 2 aromatic rings. The molecule has 1 fully saturated rings. The Hall–Kier alpha value is -2.09. The van der Waals surface area contributed by atoms with Gasteiger partial charge in [0.15, 0.2) is 11.2 Å². The van der Waals surface area contributed by atoms with Crippen LogP contribution in [0.4, 0.5) is 5.95 Å². The van der Waals surface area contributed by atoms with Gasteiger partial charge in [-0.15, -0.1) is 0 Å². The van der Waals surface area contributed by atoms with Gasteiger partial charge < -0.3 is 15.6 Å². The fourth-order valence-corrected chi connectivity index (χ4v) is 2.27. The molecule has 0 spiro atoms. The van der Waals surface area contributed by atoms with Gasteiger partial charge in [-0.25, -0.2) is 4.79 Å². The largest absolute Gasteiger partial charge is 0.341 e. The third-order valence-electron chi connectivity index (χ3n) is 3.13. The van der Waals surface area contributed by atoms with Gasteiger partial charge in [0.1, 0.15) is 0 Å². The van der Waals surface area contributed by atoms with E-state index in [9.17, 15) is 9.59 Å². The van der Waals surface area contributed by atoms with Crippen LogP contribution in [0.2, 0.25) is 0 Å². The minimum absolute atomic E-state index is 0.115. The van der Waals surface area contributed by atoms with Crippen molar-refractivity contribution in [2.45, 2.75) is 18.9 Å². The van der Waals surface area contributed by atoms with Crippen molar-refractivity contribution in [2.24, 2.45) is 5.73 Å². The van der Waals surface area contributed by atoms with Crippen LogP contribution < -0.4 is 21.9 Å². The maximum absolute atomic E-state index is 11.6. The predicted molar refractivity (Wildman–Crippen MR) is 66.8 cm³/mol. The summed E-state index contributed by atoms with van der Waals surface area (Å²) in [6, 6.07) is 0.115. The van der Waals surface area contributed by atoms with Gasteiger partial charge in [-0.05, 0) is 12.8 Å². The van der Waals surface area contributed by atoms with Crippen LogP contribution in [0.1, 0.15) is 12.8 Å². The molecule has 1 unspecified atom stereocenters. The van der Waals surface area contributed by atoms with E-state index in [2.05, 4.69) is 19.9 Å². The third-order valence-corrected chi connectivity index (χ3v) is 3.13. The van der Waals surface area contributed by atoms with Crippen LogP contribution in [0.25, 0.3) is 11.2 Å². The van der Waals surface area contributed by atoms with E-state index in [4.69, 9.17) is 5.73 Å². The standard InChI is InChI=1S/C10H14N6O2/c11-5-2-1-3-16(4-5)9-12-6-7(13-9)14-10(18)15-8(6)17/h5H,1-4,11H2,(H3,12,13,14,15,17,18). The first kappa shape index (κ1) is 11.0. The normalized spacial score (nSPS) is 20.5. The minimum atomic E-state index is -0.555. The summed E-state index contributed by atoms with van der Waals surface area (Å²) in [6.45, 7) is 1.54. The number of aromatic amines is 3. The first-order chi connectivity index (χ1) is 8.63. The van der Waals surface area contributed by atoms with E-state index in [1.54, 1.807) is 0 Å².